The number of allylic oxidation sites excluding steroid dienone is 8. The molecule has 0 aromatic rings. The van der Waals surface area contributed by atoms with Crippen LogP contribution in [0.2, 0.25) is 0 Å². The van der Waals surface area contributed by atoms with Crippen molar-refractivity contribution in [2.24, 2.45) is 0 Å². The highest BCUT2D eigenvalue weighted by molar-refractivity contribution is 7.46. The Morgan fingerprint density at radius 3 is 1.50 bits per heavy atom. The van der Waals surface area contributed by atoms with Crippen molar-refractivity contribution in [1.29, 1.82) is 0 Å². The molecule has 0 spiro atoms. The number of phosphoric acid groups is 1. The normalized spacial score (nSPS) is 13.0. The van der Waals surface area contributed by atoms with Crippen LogP contribution in [0.25, 0.3) is 0 Å². The summed E-state index contributed by atoms with van der Waals surface area (Å²) in [6.07, 6.45) is 41.3. The van der Waals surface area contributed by atoms with Crippen LogP contribution < -0.4 is 0 Å². The smallest absolute Gasteiger partial charge is 0.462 e. The summed E-state index contributed by atoms with van der Waals surface area (Å²) >= 11 is 0. The summed E-state index contributed by atoms with van der Waals surface area (Å²) in [6, 6.07) is 0. The van der Waals surface area contributed by atoms with E-state index in [-0.39, 0.29) is 19.4 Å². The largest absolute Gasteiger partial charge is 0.469 e. The third-order valence-corrected chi connectivity index (χ3v) is 8.32. The summed E-state index contributed by atoms with van der Waals surface area (Å²) in [4.78, 5) is 42.6. The highest BCUT2D eigenvalue weighted by atomic mass is 31.2. The molecule has 278 valence electrons. The Morgan fingerprint density at radius 2 is 0.979 bits per heavy atom. The second-order valence-corrected chi connectivity index (χ2v) is 13.8. The molecule has 1 unspecified atom stereocenters. The van der Waals surface area contributed by atoms with Gasteiger partial charge in [-0.2, -0.15) is 0 Å². The van der Waals surface area contributed by atoms with Crippen LogP contribution in [-0.4, -0.2) is 41.0 Å². The fourth-order valence-electron chi connectivity index (χ4n) is 4.98. The standard InChI is InChI=1S/C39H69O8P/c1-3-5-7-9-11-13-15-17-18-19-20-22-23-25-27-29-31-33-38(40)45-35-37(36-46-48(42,43)44)47-39(41)34-32-30-28-26-24-21-16-14-12-10-8-6-4-2/h11,13,17-18,21,24,28,30,37H,3-10,12,14-16,19-20,22-23,25-27,29,31-36H2,1-2H3,(H2,42,43,44)/b13-11+,18-17+,24-21+,30-28+. The van der Waals surface area contributed by atoms with E-state index in [1.165, 1.54) is 83.5 Å². The topological polar surface area (TPSA) is 119 Å². The molecule has 8 nitrogen and oxygen atoms in total. The van der Waals surface area contributed by atoms with Gasteiger partial charge in [0.15, 0.2) is 6.10 Å². The van der Waals surface area contributed by atoms with Crippen LogP contribution in [0, 0.1) is 0 Å². The van der Waals surface area contributed by atoms with Crippen molar-refractivity contribution in [3.8, 4) is 0 Å². The van der Waals surface area contributed by atoms with Gasteiger partial charge in [-0.3, -0.25) is 14.1 Å². The molecule has 0 heterocycles. The summed E-state index contributed by atoms with van der Waals surface area (Å²) in [5, 5.41) is 0. The number of carbonyl (C=O) groups is 2. The molecular weight excluding hydrogens is 627 g/mol. The molecule has 1 atom stereocenters. The van der Waals surface area contributed by atoms with Crippen LogP contribution in [-0.2, 0) is 28.2 Å². The van der Waals surface area contributed by atoms with E-state index < -0.39 is 32.5 Å². The summed E-state index contributed by atoms with van der Waals surface area (Å²) < 4.78 is 26.2. The second-order valence-electron chi connectivity index (χ2n) is 12.5. The summed E-state index contributed by atoms with van der Waals surface area (Å²) in [7, 11) is -4.76. The maximum absolute atomic E-state index is 12.3. The molecule has 0 amide bonds. The number of ether oxygens (including phenoxy) is 2. The first kappa shape index (κ1) is 46.0. The minimum atomic E-state index is -4.76. The molecule has 0 rings (SSSR count). The Labute approximate surface area is 293 Å². The molecule has 0 saturated heterocycles. The monoisotopic (exact) mass is 696 g/mol. The minimum absolute atomic E-state index is 0.103. The Balaban J connectivity index is 4.04. The molecule has 0 fully saturated rings. The third-order valence-electron chi connectivity index (χ3n) is 7.83. The number of esters is 2. The highest BCUT2D eigenvalue weighted by Crippen LogP contribution is 2.35. The molecule has 0 radical (unpaired) electrons. The Morgan fingerprint density at radius 1 is 0.542 bits per heavy atom. The van der Waals surface area contributed by atoms with Gasteiger partial charge < -0.3 is 19.3 Å². The highest BCUT2D eigenvalue weighted by Gasteiger charge is 2.22. The fraction of sp³-hybridized carbons (Fsp3) is 0.744. The molecule has 0 aliphatic heterocycles. The molecule has 0 saturated carbocycles. The average Bonchev–Trinajstić information content (AvgIpc) is 3.05. The van der Waals surface area contributed by atoms with E-state index in [1.807, 2.05) is 12.2 Å². The van der Waals surface area contributed by atoms with Gasteiger partial charge in [0.1, 0.15) is 6.61 Å². The summed E-state index contributed by atoms with van der Waals surface area (Å²) in [5.41, 5.74) is 0. The maximum Gasteiger partial charge on any atom is 0.469 e. The van der Waals surface area contributed by atoms with Crippen molar-refractivity contribution in [1.82, 2.24) is 0 Å². The van der Waals surface area contributed by atoms with Gasteiger partial charge >= 0.3 is 19.8 Å². The first-order chi connectivity index (χ1) is 23.3. The van der Waals surface area contributed by atoms with Gasteiger partial charge in [-0.15, -0.1) is 0 Å². The van der Waals surface area contributed by atoms with Gasteiger partial charge in [0.2, 0.25) is 0 Å². The number of unbranched alkanes of at least 4 members (excludes halogenated alkanes) is 16. The van der Waals surface area contributed by atoms with Crippen LogP contribution >= 0.6 is 7.82 Å². The van der Waals surface area contributed by atoms with Crippen molar-refractivity contribution in [2.75, 3.05) is 13.2 Å². The Hall–Kier alpha value is -1.99. The second kappa shape index (κ2) is 34.9. The molecule has 0 aromatic heterocycles. The minimum Gasteiger partial charge on any atom is -0.462 e. The van der Waals surface area contributed by atoms with Crippen molar-refractivity contribution in [3.05, 3.63) is 48.6 Å². The van der Waals surface area contributed by atoms with Gasteiger partial charge in [0.25, 0.3) is 0 Å². The number of rotatable bonds is 34. The Kier molecular flexibility index (Phi) is 33.4. The fourth-order valence-corrected chi connectivity index (χ4v) is 5.34. The van der Waals surface area contributed by atoms with Gasteiger partial charge in [-0.05, 0) is 64.2 Å². The van der Waals surface area contributed by atoms with Crippen molar-refractivity contribution < 1.29 is 37.9 Å². The lowest BCUT2D eigenvalue weighted by Crippen LogP contribution is -2.29. The van der Waals surface area contributed by atoms with E-state index in [2.05, 4.69) is 54.8 Å². The zero-order chi connectivity index (χ0) is 35.4. The lowest BCUT2D eigenvalue weighted by molar-refractivity contribution is -0.161. The molecule has 0 aliphatic rings. The number of hydrogen-bond donors (Lipinski definition) is 2. The molecule has 0 aromatic carbocycles. The van der Waals surface area contributed by atoms with E-state index in [1.54, 1.807) is 0 Å². The average molecular weight is 697 g/mol. The zero-order valence-corrected chi connectivity index (χ0v) is 31.3. The van der Waals surface area contributed by atoms with E-state index >= 15 is 0 Å². The van der Waals surface area contributed by atoms with Gasteiger partial charge in [0.05, 0.1) is 6.61 Å². The van der Waals surface area contributed by atoms with Crippen molar-refractivity contribution in [3.63, 3.8) is 0 Å². The predicted octanol–water partition coefficient (Wildman–Crippen LogP) is 11.2. The number of carbonyl (C=O) groups excluding carboxylic acids is 2. The van der Waals surface area contributed by atoms with E-state index in [0.29, 0.717) is 12.8 Å². The number of hydrogen-bond acceptors (Lipinski definition) is 6. The van der Waals surface area contributed by atoms with E-state index in [9.17, 15) is 14.2 Å². The predicted molar refractivity (Wildman–Crippen MR) is 198 cm³/mol. The van der Waals surface area contributed by atoms with Crippen molar-refractivity contribution >= 4 is 19.8 Å². The zero-order valence-electron chi connectivity index (χ0n) is 30.4. The third kappa shape index (κ3) is 36.8. The lowest BCUT2D eigenvalue weighted by Gasteiger charge is -2.18. The van der Waals surface area contributed by atoms with Crippen LogP contribution in [0.3, 0.4) is 0 Å². The first-order valence-electron chi connectivity index (χ1n) is 18.9. The van der Waals surface area contributed by atoms with Crippen LogP contribution in [0.1, 0.15) is 168 Å². The SMILES string of the molecule is CCCCC/C=C/C/C=C/CCCCCCCCCC(=O)OCC(COP(=O)(O)O)OC(=O)CC/C=C/C/C=C/CCCCCCCC. The quantitative estimate of drug-likeness (QED) is 0.0295. The summed E-state index contributed by atoms with van der Waals surface area (Å²) in [6.45, 7) is 3.58. The van der Waals surface area contributed by atoms with E-state index in [0.717, 1.165) is 44.9 Å². The maximum atomic E-state index is 12.3. The summed E-state index contributed by atoms with van der Waals surface area (Å²) in [5.74, 6) is -0.975. The molecule has 2 N–H and O–H groups in total. The van der Waals surface area contributed by atoms with Crippen LogP contribution in [0.5, 0.6) is 0 Å². The first-order valence-corrected chi connectivity index (χ1v) is 20.5. The van der Waals surface area contributed by atoms with Crippen molar-refractivity contribution in [2.45, 2.75) is 174 Å². The Bertz CT molecular complexity index is 921. The molecule has 0 bridgehead atoms. The number of phosphoric ester groups is 1. The molecule has 9 heteroatoms. The van der Waals surface area contributed by atoms with Gasteiger partial charge in [-0.1, -0.05) is 140 Å². The van der Waals surface area contributed by atoms with Crippen LogP contribution in [0.4, 0.5) is 0 Å². The van der Waals surface area contributed by atoms with Crippen LogP contribution in [0.15, 0.2) is 48.6 Å². The van der Waals surface area contributed by atoms with E-state index in [4.69, 9.17) is 19.3 Å². The molecule has 0 aliphatic carbocycles. The molecule has 48 heavy (non-hydrogen) atoms. The van der Waals surface area contributed by atoms with Gasteiger partial charge in [-0.25, -0.2) is 4.57 Å². The molecular formula is C39H69O8P. The lowest BCUT2D eigenvalue weighted by atomic mass is 10.1. The van der Waals surface area contributed by atoms with Gasteiger partial charge in [0, 0.05) is 12.8 Å².